The van der Waals surface area contributed by atoms with Crippen LogP contribution in [0.4, 0.5) is 8.78 Å². The van der Waals surface area contributed by atoms with Crippen molar-refractivity contribution in [3.8, 4) is 0 Å². The quantitative estimate of drug-likeness (QED) is 0.322. The van der Waals surface area contributed by atoms with Crippen molar-refractivity contribution in [3.63, 3.8) is 0 Å². The number of ether oxygens (including phenoxy) is 1. The van der Waals surface area contributed by atoms with E-state index in [1.165, 1.54) is 25.3 Å². The normalized spacial score (nSPS) is 20.1. The van der Waals surface area contributed by atoms with E-state index < -0.39 is 17.2 Å². The van der Waals surface area contributed by atoms with Crippen LogP contribution in [0.15, 0.2) is 41.6 Å². The van der Waals surface area contributed by atoms with Crippen molar-refractivity contribution in [1.82, 2.24) is 0 Å². The van der Waals surface area contributed by atoms with Crippen LogP contribution in [-0.2, 0) is 19.2 Å². The van der Waals surface area contributed by atoms with E-state index in [1.807, 2.05) is 6.08 Å². The average Bonchev–Trinajstić information content (AvgIpc) is 3.20. The summed E-state index contributed by atoms with van der Waals surface area (Å²) in [7, 11) is 1.31. The smallest absolute Gasteiger partial charge is 0.520 e. The Morgan fingerprint density at radius 1 is 1.36 bits per heavy atom. The van der Waals surface area contributed by atoms with Gasteiger partial charge in [-0.2, -0.15) is 6.42 Å². The second-order valence-corrected chi connectivity index (χ2v) is 5.24. The fourth-order valence-corrected chi connectivity index (χ4v) is 2.40. The summed E-state index contributed by atoms with van der Waals surface area (Å²) < 4.78 is 30.2. The van der Waals surface area contributed by atoms with E-state index in [2.05, 4.69) is 16.8 Å². The Kier molecular flexibility index (Phi) is 14.4. The molecular weight excluding hydrogens is 379 g/mol. The van der Waals surface area contributed by atoms with Gasteiger partial charge in [0.15, 0.2) is 6.29 Å². The Bertz CT molecular complexity index is 681. The molecule has 1 aliphatic heterocycles. The Labute approximate surface area is 186 Å². The van der Waals surface area contributed by atoms with Crippen molar-refractivity contribution in [2.45, 2.75) is 18.4 Å². The maximum Gasteiger partial charge on any atom is 1.00 e. The van der Waals surface area contributed by atoms with Crippen molar-refractivity contribution in [3.05, 3.63) is 74.6 Å². The van der Waals surface area contributed by atoms with Crippen LogP contribution in [0.3, 0.4) is 0 Å². The minimum absolute atomic E-state index is 0. The van der Waals surface area contributed by atoms with E-state index in [9.17, 15) is 13.6 Å². The zero-order valence-electron chi connectivity index (χ0n) is 16.2. The molecule has 0 amide bonds. The van der Waals surface area contributed by atoms with Crippen LogP contribution in [-0.4, -0.2) is 31.2 Å². The molecule has 2 atom stereocenters. The molecule has 5 nitrogen and oxygen atoms in total. The van der Waals surface area contributed by atoms with Gasteiger partial charge in [0.2, 0.25) is 5.60 Å². The van der Waals surface area contributed by atoms with Crippen LogP contribution in [0.5, 0.6) is 0 Å². The number of halogens is 2. The van der Waals surface area contributed by atoms with Crippen LogP contribution in [0.25, 0.3) is 0 Å². The second-order valence-electron chi connectivity index (χ2n) is 5.24. The first kappa shape index (κ1) is 28.4. The van der Waals surface area contributed by atoms with Gasteiger partial charge in [-0.25, -0.2) is 8.78 Å². The van der Waals surface area contributed by atoms with Crippen molar-refractivity contribution in [2.24, 2.45) is 11.1 Å². The molecule has 0 fully saturated rings. The van der Waals surface area contributed by atoms with Gasteiger partial charge in [0.1, 0.15) is 11.6 Å². The summed E-state index contributed by atoms with van der Waals surface area (Å²) in [5.41, 5.74) is -0.381. The fraction of sp³-hybridized carbons (Fsp3) is 0.250. The standard InChI is InChI=1S/C13H9F2NO2.C4H6.C2H4O2.CH3.Na/c14-9-4-8(5-10(15)6-9)12-11-2-1-3-13(11,7-17)18-16-12;1-3-4-2;1-4-2-3;;/h1,3-7,11H,2H2;1,3H,2,4H2;2H,1H3;1H3;/q;-2;;-1;+1. The van der Waals surface area contributed by atoms with Gasteiger partial charge >= 0.3 is 29.6 Å². The first-order valence-electron chi connectivity index (χ1n) is 7.63. The summed E-state index contributed by atoms with van der Waals surface area (Å²) in [5, 5.41) is 3.82. The molecule has 2 unspecified atom stereocenters. The van der Waals surface area contributed by atoms with Crippen LogP contribution < -0.4 is 29.6 Å². The van der Waals surface area contributed by atoms with Gasteiger partial charge in [-0.3, -0.25) is 9.59 Å². The van der Waals surface area contributed by atoms with Crippen LogP contribution >= 0.6 is 0 Å². The average molecular weight is 401 g/mol. The molecule has 28 heavy (non-hydrogen) atoms. The summed E-state index contributed by atoms with van der Waals surface area (Å²) in [6, 6.07) is 3.16. The van der Waals surface area contributed by atoms with Crippen LogP contribution in [0.1, 0.15) is 18.4 Å². The van der Waals surface area contributed by atoms with Gasteiger partial charge in [-0.15, -0.1) is 0 Å². The van der Waals surface area contributed by atoms with Crippen molar-refractivity contribution >= 4 is 18.5 Å². The van der Waals surface area contributed by atoms with E-state index in [1.54, 1.807) is 6.08 Å². The molecule has 1 heterocycles. The number of fused-ring (bicyclic) bond motifs is 1. The number of aldehydes is 1. The molecule has 1 aromatic rings. The van der Waals surface area contributed by atoms with E-state index in [-0.39, 0.29) is 42.9 Å². The molecule has 1 aromatic carbocycles. The monoisotopic (exact) mass is 401 g/mol. The van der Waals surface area contributed by atoms with Gasteiger partial charge in [0.25, 0.3) is 6.47 Å². The third-order valence-corrected chi connectivity index (χ3v) is 3.53. The minimum Gasteiger partial charge on any atom is -0.520 e. The summed E-state index contributed by atoms with van der Waals surface area (Å²) in [5.74, 6) is -1.67. The number of allylic oxidation sites excluding steroid dienone is 2. The first-order chi connectivity index (χ1) is 12.5. The van der Waals surface area contributed by atoms with Gasteiger partial charge in [0, 0.05) is 11.6 Å². The molecule has 8 heteroatoms. The van der Waals surface area contributed by atoms with Crippen molar-refractivity contribution in [1.29, 1.82) is 0 Å². The largest absolute Gasteiger partial charge is 1.00 e. The summed E-state index contributed by atoms with van der Waals surface area (Å²) in [4.78, 5) is 25.2. The van der Waals surface area contributed by atoms with Gasteiger partial charge in [-0.05, 0) is 24.6 Å². The molecule has 2 aliphatic rings. The Balaban J connectivity index is 0. The predicted octanol–water partition coefficient (Wildman–Crippen LogP) is 0.656. The van der Waals surface area contributed by atoms with Gasteiger partial charge < -0.3 is 36.6 Å². The first-order valence-corrected chi connectivity index (χ1v) is 7.63. The molecule has 0 saturated carbocycles. The van der Waals surface area contributed by atoms with E-state index >= 15 is 0 Å². The van der Waals surface area contributed by atoms with E-state index in [0.717, 1.165) is 12.5 Å². The number of nitrogens with zero attached hydrogens (tertiary/aromatic N) is 1. The maximum atomic E-state index is 13.2. The van der Waals surface area contributed by atoms with E-state index in [0.29, 0.717) is 30.5 Å². The topological polar surface area (TPSA) is 65.0 Å². The number of rotatable bonds is 4. The molecule has 0 radical (unpaired) electrons. The number of hydrogen-bond acceptors (Lipinski definition) is 5. The molecule has 0 bridgehead atoms. The number of methoxy groups -OCH3 is 1. The van der Waals surface area contributed by atoms with Gasteiger partial charge in [-0.1, -0.05) is 11.2 Å². The molecular formula is C20H22F2NNaO4-2. The maximum absolute atomic E-state index is 13.2. The number of oxime groups is 1. The SMILES string of the molecule is COC=O.O=CC12C=CCC1C(c1cc(F)cc(F)c1)=NO2.[CH-]=CC[CH2-].[CH3-].[Na+]. The predicted molar refractivity (Wildman–Crippen MR) is 98.4 cm³/mol. The minimum atomic E-state index is -1.10. The Hall–Kier alpha value is -1.83. The van der Waals surface area contributed by atoms with E-state index in [4.69, 9.17) is 16.2 Å². The number of benzene rings is 1. The number of carbonyl (C=O) groups excluding carboxylic acids is 2. The molecule has 3 rings (SSSR count). The summed E-state index contributed by atoms with van der Waals surface area (Å²) in [6.45, 7) is 8.64. The molecule has 0 saturated heterocycles. The third-order valence-electron chi connectivity index (χ3n) is 3.53. The van der Waals surface area contributed by atoms with Gasteiger partial charge in [0.05, 0.1) is 18.7 Å². The molecule has 0 aromatic heterocycles. The fourth-order valence-electron chi connectivity index (χ4n) is 2.40. The molecule has 148 valence electrons. The Morgan fingerprint density at radius 3 is 2.32 bits per heavy atom. The molecule has 0 N–H and O–H groups in total. The number of hydrogen-bond donors (Lipinski definition) is 0. The molecule has 1 aliphatic carbocycles. The third kappa shape index (κ3) is 7.30. The van der Waals surface area contributed by atoms with Crippen LogP contribution in [0, 0.1) is 38.5 Å². The van der Waals surface area contributed by atoms with Crippen molar-refractivity contribution < 1.29 is 57.5 Å². The zero-order chi connectivity index (χ0) is 19.6. The second kappa shape index (κ2) is 14.2. The van der Waals surface area contributed by atoms with Crippen LogP contribution in [0.2, 0.25) is 0 Å². The van der Waals surface area contributed by atoms with Crippen molar-refractivity contribution in [2.75, 3.05) is 7.11 Å². The molecule has 0 spiro atoms. The summed E-state index contributed by atoms with van der Waals surface area (Å²) in [6.07, 6.45) is 6.92. The number of carbonyl (C=O) groups is 2. The Morgan fingerprint density at radius 2 is 1.89 bits per heavy atom. The summed E-state index contributed by atoms with van der Waals surface area (Å²) >= 11 is 0. The zero-order valence-corrected chi connectivity index (χ0v) is 18.2.